The average molecular weight is 188 g/mol. The van der Waals surface area contributed by atoms with E-state index in [0.717, 1.165) is 6.07 Å². The molecule has 64 valence electrons. The zero-order chi connectivity index (χ0) is 9.30. The number of carboxylic acid groups (broad SMARTS) is 2. The zero-order valence-corrected chi connectivity index (χ0v) is 6.46. The Morgan fingerprint density at radius 2 is 1.83 bits per heavy atom. The summed E-state index contributed by atoms with van der Waals surface area (Å²) in [4.78, 5) is 20.1. The third kappa shape index (κ3) is 1.37. The Morgan fingerprint density at radius 1 is 1.25 bits per heavy atom. The van der Waals surface area contributed by atoms with Crippen LogP contribution in [0.2, 0.25) is 0 Å². The molecule has 0 unspecified atom stereocenters. The van der Waals surface area contributed by atoms with Gasteiger partial charge in [0.25, 0.3) is 0 Å². The number of carboxylic acids is 2. The highest BCUT2D eigenvalue weighted by Gasteiger charge is 2.17. The lowest BCUT2D eigenvalue weighted by Gasteiger charge is -1.85. The molecule has 0 saturated heterocycles. The minimum absolute atomic E-state index is 0.190. The number of thiophene rings is 1. The first-order valence-electron chi connectivity index (χ1n) is 2.81. The number of rotatable bonds is 2. The van der Waals surface area contributed by atoms with E-state index in [1.807, 2.05) is 0 Å². The van der Waals surface area contributed by atoms with Crippen molar-refractivity contribution in [1.29, 1.82) is 0 Å². The summed E-state index contributed by atoms with van der Waals surface area (Å²) in [6.45, 7) is 0. The van der Waals surface area contributed by atoms with Crippen molar-refractivity contribution < 1.29 is 24.9 Å². The maximum Gasteiger partial charge on any atom is 0.349 e. The lowest BCUT2D eigenvalue weighted by atomic mass is 10.4. The molecule has 1 aromatic rings. The molecule has 5 nitrogen and oxygen atoms in total. The Labute approximate surface area is 70.5 Å². The third-order valence-electron chi connectivity index (χ3n) is 1.12. The zero-order valence-electron chi connectivity index (χ0n) is 5.64. The van der Waals surface area contributed by atoms with E-state index in [1.165, 1.54) is 0 Å². The molecule has 1 heterocycles. The van der Waals surface area contributed by atoms with Crippen LogP contribution in [0.1, 0.15) is 19.3 Å². The van der Waals surface area contributed by atoms with Gasteiger partial charge < -0.3 is 15.3 Å². The number of aromatic hydroxyl groups is 1. The van der Waals surface area contributed by atoms with Gasteiger partial charge in [0, 0.05) is 6.07 Å². The molecule has 0 aliphatic rings. The Hall–Kier alpha value is -1.56. The molecule has 0 aromatic carbocycles. The Kier molecular flexibility index (Phi) is 2.01. The first-order valence-corrected chi connectivity index (χ1v) is 3.63. The molecule has 0 aliphatic heterocycles. The summed E-state index contributed by atoms with van der Waals surface area (Å²) >= 11 is 0.527. The van der Waals surface area contributed by atoms with Gasteiger partial charge in [0.1, 0.15) is 10.6 Å². The molecule has 0 saturated carbocycles. The van der Waals surface area contributed by atoms with Gasteiger partial charge in [-0.15, -0.1) is 11.3 Å². The van der Waals surface area contributed by atoms with Crippen LogP contribution in [0.4, 0.5) is 0 Å². The minimum atomic E-state index is -1.33. The minimum Gasteiger partial charge on any atom is -0.506 e. The summed E-state index contributed by atoms with van der Waals surface area (Å²) in [7, 11) is 0. The molecule has 0 atom stereocenters. The highest BCUT2D eigenvalue weighted by Crippen LogP contribution is 2.27. The van der Waals surface area contributed by atoms with Crippen LogP contribution in [0.25, 0.3) is 0 Å². The molecule has 12 heavy (non-hydrogen) atoms. The van der Waals surface area contributed by atoms with Gasteiger partial charge in [0.2, 0.25) is 0 Å². The van der Waals surface area contributed by atoms with Crippen molar-refractivity contribution >= 4 is 23.3 Å². The Bertz CT molecular complexity index is 340. The van der Waals surface area contributed by atoms with Crippen LogP contribution >= 0.6 is 11.3 Å². The number of hydrogen-bond acceptors (Lipinski definition) is 4. The normalized spacial score (nSPS) is 9.67. The highest BCUT2D eigenvalue weighted by molar-refractivity contribution is 7.16. The smallest absolute Gasteiger partial charge is 0.349 e. The SMILES string of the molecule is O=C(O)c1cc(O)c(C(=O)O)s1. The fraction of sp³-hybridized carbons (Fsp3) is 0. The van der Waals surface area contributed by atoms with E-state index in [0.29, 0.717) is 11.3 Å². The van der Waals surface area contributed by atoms with E-state index in [9.17, 15) is 9.59 Å². The van der Waals surface area contributed by atoms with E-state index in [1.54, 1.807) is 0 Å². The molecule has 0 bridgehead atoms. The molecule has 0 radical (unpaired) electrons. The van der Waals surface area contributed by atoms with Gasteiger partial charge in [-0.05, 0) is 0 Å². The summed E-state index contributed by atoms with van der Waals surface area (Å²) in [6, 6.07) is 0.913. The second-order valence-electron chi connectivity index (χ2n) is 1.94. The van der Waals surface area contributed by atoms with Crippen LogP contribution in [0.15, 0.2) is 6.07 Å². The topological polar surface area (TPSA) is 94.8 Å². The van der Waals surface area contributed by atoms with Crippen LogP contribution in [0.3, 0.4) is 0 Å². The second kappa shape index (κ2) is 2.82. The fourth-order valence-electron chi connectivity index (χ4n) is 0.640. The monoisotopic (exact) mass is 188 g/mol. The first kappa shape index (κ1) is 8.54. The quantitative estimate of drug-likeness (QED) is 0.639. The van der Waals surface area contributed by atoms with Gasteiger partial charge in [-0.25, -0.2) is 9.59 Å². The average Bonchev–Trinajstić information content (AvgIpc) is 2.30. The Balaban J connectivity index is 3.17. The third-order valence-corrected chi connectivity index (χ3v) is 2.22. The van der Waals surface area contributed by atoms with Crippen molar-refractivity contribution in [3.05, 3.63) is 15.8 Å². The lowest BCUT2D eigenvalue weighted by Crippen LogP contribution is -1.92. The molecule has 3 N–H and O–H groups in total. The van der Waals surface area contributed by atoms with E-state index in [4.69, 9.17) is 15.3 Å². The van der Waals surface area contributed by atoms with Crippen molar-refractivity contribution in [2.75, 3.05) is 0 Å². The Morgan fingerprint density at radius 3 is 2.08 bits per heavy atom. The van der Waals surface area contributed by atoms with Crippen molar-refractivity contribution in [1.82, 2.24) is 0 Å². The second-order valence-corrected chi connectivity index (χ2v) is 2.99. The van der Waals surface area contributed by atoms with E-state index >= 15 is 0 Å². The van der Waals surface area contributed by atoms with Gasteiger partial charge in [0.15, 0.2) is 4.88 Å². The maximum atomic E-state index is 10.3. The van der Waals surface area contributed by atoms with Gasteiger partial charge in [0.05, 0.1) is 0 Å². The molecular weight excluding hydrogens is 184 g/mol. The summed E-state index contributed by atoms with van der Waals surface area (Å²) in [5, 5.41) is 25.7. The van der Waals surface area contributed by atoms with Crippen LogP contribution < -0.4 is 0 Å². The number of carbonyl (C=O) groups is 2. The van der Waals surface area contributed by atoms with E-state index in [-0.39, 0.29) is 9.75 Å². The number of hydrogen-bond donors (Lipinski definition) is 3. The van der Waals surface area contributed by atoms with Gasteiger partial charge >= 0.3 is 11.9 Å². The fourth-order valence-corrected chi connectivity index (χ4v) is 1.37. The van der Waals surface area contributed by atoms with Crippen LogP contribution in [-0.2, 0) is 0 Å². The highest BCUT2D eigenvalue weighted by atomic mass is 32.1. The largest absolute Gasteiger partial charge is 0.506 e. The molecule has 1 aromatic heterocycles. The first-order chi connectivity index (χ1) is 5.52. The molecule has 0 amide bonds. The summed E-state index contributed by atoms with van der Waals surface area (Å²) in [5.41, 5.74) is 0. The lowest BCUT2D eigenvalue weighted by molar-refractivity contribution is 0.0690. The summed E-state index contributed by atoms with van der Waals surface area (Å²) in [5.74, 6) is -3.09. The molecule has 6 heteroatoms. The van der Waals surface area contributed by atoms with Crippen molar-refractivity contribution in [3.63, 3.8) is 0 Å². The molecule has 0 fully saturated rings. The van der Waals surface area contributed by atoms with Crippen LogP contribution in [-0.4, -0.2) is 27.3 Å². The van der Waals surface area contributed by atoms with Gasteiger partial charge in [-0.3, -0.25) is 0 Å². The molecule has 1 rings (SSSR count). The molecule has 0 spiro atoms. The predicted molar refractivity (Wildman–Crippen MR) is 39.9 cm³/mol. The summed E-state index contributed by atoms with van der Waals surface area (Å²) < 4.78 is 0. The van der Waals surface area contributed by atoms with Crippen molar-refractivity contribution in [2.45, 2.75) is 0 Å². The van der Waals surface area contributed by atoms with E-state index < -0.39 is 17.7 Å². The summed E-state index contributed by atoms with van der Waals surface area (Å²) in [6.07, 6.45) is 0. The standard InChI is InChI=1S/C6H4O5S/c7-2-1-3(5(8)9)12-4(2)6(10)11/h1,7H,(H,8,9)(H,10,11). The van der Waals surface area contributed by atoms with Gasteiger partial charge in [-0.2, -0.15) is 0 Å². The van der Waals surface area contributed by atoms with E-state index in [2.05, 4.69) is 0 Å². The molecular formula is C6H4O5S. The predicted octanol–water partition coefficient (Wildman–Crippen LogP) is 0.850. The van der Waals surface area contributed by atoms with Crippen LogP contribution in [0, 0.1) is 0 Å². The van der Waals surface area contributed by atoms with Crippen molar-refractivity contribution in [3.8, 4) is 5.75 Å². The van der Waals surface area contributed by atoms with Gasteiger partial charge in [-0.1, -0.05) is 0 Å². The maximum absolute atomic E-state index is 10.3. The molecule has 0 aliphatic carbocycles. The van der Waals surface area contributed by atoms with Crippen molar-refractivity contribution in [2.24, 2.45) is 0 Å². The number of aromatic carboxylic acids is 2. The van der Waals surface area contributed by atoms with Crippen LogP contribution in [0.5, 0.6) is 5.75 Å².